The highest BCUT2D eigenvalue weighted by Gasteiger charge is 1.94. The zero-order chi connectivity index (χ0) is 5.98. The van der Waals surface area contributed by atoms with Crippen molar-refractivity contribution in [2.75, 3.05) is 0 Å². The minimum absolute atomic E-state index is 0.326. The van der Waals surface area contributed by atoms with E-state index < -0.39 is 0 Å². The van der Waals surface area contributed by atoms with E-state index in [1.54, 1.807) is 0 Å². The van der Waals surface area contributed by atoms with Crippen LogP contribution < -0.4 is 4.73 Å². The molecule has 0 atom stereocenters. The zero-order valence-corrected chi connectivity index (χ0v) is 3.98. The Morgan fingerprint density at radius 3 is 2.88 bits per heavy atom. The van der Waals surface area contributed by atoms with Crippen LogP contribution in [0.25, 0.3) is 0 Å². The fourth-order valence-corrected chi connectivity index (χ4v) is 0.342. The van der Waals surface area contributed by atoms with Crippen LogP contribution >= 0.6 is 0 Å². The maximum Gasteiger partial charge on any atom is 0.395 e. The second kappa shape index (κ2) is 1.65. The van der Waals surface area contributed by atoms with Crippen LogP contribution in [0.1, 0.15) is 0 Å². The maximum atomic E-state index is 10.2. The molecule has 1 aromatic rings. The summed E-state index contributed by atoms with van der Waals surface area (Å²) in [6.07, 6.45) is 3.50. The molecule has 0 aliphatic carbocycles. The first kappa shape index (κ1) is 4.83. The Morgan fingerprint density at radius 2 is 2.50 bits per heavy atom. The van der Waals surface area contributed by atoms with Gasteiger partial charge < -0.3 is 10.3 Å². The van der Waals surface area contributed by atoms with Crippen molar-refractivity contribution in [3.63, 3.8) is 0 Å². The van der Waals surface area contributed by atoms with Crippen molar-refractivity contribution in [2.24, 2.45) is 0 Å². The highest BCUT2D eigenvalue weighted by Crippen LogP contribution is 1.90. The molecule has 42 valence electrons. The second-order valence-electron chi connectivity index (χ2n) is 1.26. The topological polar surface area (TPSA) is 60.1 Å². The lowest BCUT2D eigenvalue weighted by Gasteiger charge is -1.92. The van der Waals surface area contributed by atoms with Crippen molar-refractivity contribution >= 4 is 0 Å². The Kier molecular flexibility index (Phi) is 0.997. The highest BCUT2D eigenvalue weighted by molar-refractivity contribution is 4.88. The van der Waals surface area contributed by atoms with Crippen molar-refractivity contribution < 1.29 is 9.84 Å². The fraction of sp³-hybridized carbons (Fsp3) is 0. The van der Waals surface area contributed by atoms with E-state index in [9.17, 15) is 5.21 Å². The number of aromatic hydroxyl groups is 1. The van der Waals surface area contributed by atoms with Crippen LogP contribution in [0.15, 0.2) is 18.6 Å². The van der Waals surface area contributed by atoms with Gasteiger partial charge in [-0.15, -0.1) is 4.73 Å². The minimum Gasteiger partial charge on any atom is -0.616 e. The molecule has 4 heteroatoms. The summed E-state index contributed by atoms with van der Waals surface area (Å²) in [6, 6.07) is 0. The molecular formula is C4H4N2O2. The van der Waals surface area contributed by atoms with Gasteiger partial charge in [0.2, 0.25) is 6.20 Å². The summed E-state index contributed by atoms with van der Waals surface area (Å²) >= 11 is 0. The van der Waals surface area contributed by atoms with Crippen LogP contribution in [0, 0.1) is 5.21 Å². The maximum absolute atomic E-state index is 10.2. The van der Waals surface area contributed by atoms with Crippen molar-refractivity contribution in [3.05, 3.63) is 23.8 Å². The second-order valence-corrected chi connectivity index (χ2v) is 1.26. The van der Waals surface area contributed by atoms with E-state index in [-0.39, 0.29) is 5.88 Å². The lowest BCUT2D eigenvalue weighted by atomic mass is 10.7. The SMILES string of the molecule is [O-][n+]1ccncc1O. The fourth-order valence-electron chi connectivity index (χ4n) is 0.342. The molecule has 0 aliphatic rings. The molecule has 0 spiro atoms. The molecule has 1 rings (SSSR count). The minimum atomic E-state index is -0.382. The standard InChI is InChI=1S/C4H4N2O2/c7-4-3-5-1-2-6(4)8/h1-3,7H. The van der Waals surface area contributed by atoms with Gasteiger partial charge in [-0.25, -0.2) is 4.98 Å². The van der Waals surface area contributed by atoms with Crippen LogP contribution in [0.2, 0.25) is 0 Å². The number of rotatable bonds is 0. The predicted octanol–water partition coefficient (Wildman–Crippen LogP) is -0.579. The highest BCUT2D eigenvalue weighted by atomic mass is 16.5. The van der Waals surface area contributed by atoms with Gasteiger partial charge in [0, 0.05) is 0 Å². The van der Waals surface area contributed by atoms with Gasteiger partial charge in [-0.2, -0.15) is 0 Å². The molecule has 0 amide bonds. The first-order valence-corrected chi connectivity index (χ1v) is 2.03. The Bertz CT molecular complexity index is 168. The van der Waals surface area contributed by atoms with E-state index in [4.69, 9.17) is 5.11 Å². The molecule has 0 saturated heterocycles. The Hall–Kier alpha value is -1.32. The number of hydrogen-bond acceptors (Lipinski definition) is 3. The van der Waals surface area contributed by atoms with E-state index in [0.29, 0.717) is 4.73 Å². The molecule has 0 aliphatic heterocycles. The van der Waals surface area contributed by atoms with Crippen LogP contribution in [0.3, 0.4) is 0 Å². The van der Waals surface area contributed by atoms with Gasteiger partial charge in [0.05, 0.1) is 6.20 Å². The number of hydrogen-bond donors (Lipinski definition) is 1. The molecule has 8 heavy (non-hydrogen) atoms. The molecule has 0 fully saturated rings. The first-order chi connectivity index (χ1) is 3.80. The molecule has 0 radical (unpaired) electrons. The van der Waals surface area contributed by atoms with Gasteiger partial charge in [-0.3, -0.25) is 0 Å². The number of nitrogens with zero attached hydrogens (tertiary/aromatic N) is 2. The summed E-state index contributed by atoms with van der Waals surface area (Å²) in [5.41, 5.74) is 0. The van der Waals surface area contributed by atoms with Crippen LogP contribution in [-0.2, 0) is 0 Å². The summed E-state index contributed by atoms with van der Waals surface area (Å²) in [5, 5.41) is 18.8. The quantitative estimate of drug-likeness (QED) is 0.361. The summed E-state index contributed by atoms with van der Waals surface area (Å²) in [6.45, 7) is 0. The molecule has 0 saturated carbocycles. The molecule has 0 bridgehead atoms. The number of aromatic nitrogens is 2. The van der Waals surface area contributed by atoms with Gasteiger partial charge in [0.15, 0.2) is 0 Å². The average Bonchev–Trinajstić information content (AvgIpc) is 1.77. The molecule has 1 N–H and O–H groups in total. The molecule has 4 nitrogen and oxygen atoms in total. The van der Waals surface area contributed by atoms with E-state index >= 15 is 0 Å². The Labute approximate surface area is 45.6 Å². The summed E-state index contributed by atoms with van der Waals surface area (Å²) in [4.78, 5) is 3.47. The molecule has 0 aromatic carbocycles. The third-order valence-corrected chi connectivity index (χ3v) is 0.704. The smallest absolute Gasteiger partial charge is 0.395 e. The van der Waals surface area contributed by atoms with Crippen molar-refractivity contribution in [1.82, 2.24) is 4.98 Å². The normalized spacial score (nSPS) is 9.00. The largest absolute Gasteiger partial charge is 0.616 e. The van der Waals surface area contributed by atoms with Crippen LogP contribution in [0.4, 0.5) is 0 Å². The Balaban J connectivity index is 3.13. The van der Waals surface area contributed by atoms with E-state index in [1.807, 2.05) is 0 Å². The van der Waals surface area contributed by atoms with Gasteiger partial charge in [0.25, 0.3) is 0 Å². The van der Waals surface area contributed by atoms with Crippen molar-refractivity contribution in [2.45, 2.75) is 0 Å². The van der Waals surface area contributed by atoms with E-state index in [1.165, 1.54) is 6.20 Å². The zero-order valence-electron chi connectivity index (χ0n) is 3.98. The summed E-state index contributed by atoms with van der Waals surface area (Å²) < 4.78 is 0.326. The van der Waals surface area contributed by atoms with Crippen LogP contribution in [0.5, 0.6) is 5.88 Å². The van der Waals surface area contributed by atoms with E-state index in [2.05, 4.69) is 4.98 Å². The monoisotopic (exact) mass is 112 g/mol. The first-order valence-electron chi connectivity index (χ1n) is 2.03. The summed E-state index contributed by atoms with van der Waals surface area (Å²) in [7, 11) is 0. The van der Waals surface area contributed by atoms with Gasteiger partial charge >= 0.3 is 5.88 Å². The molecule has 1 aromatic heterocycles. The van der Waals surface area contributed by atoms with Crippen molar-refractivity contribution in [1.29, 1.82) is 0 Å². The van der Waals surface area contributed by atoms with Gasteiger partial charge in [-0.05, 0) is 0 Å². The lowest BCUT2D eigenvalue weighted by Crippen LogP contribution is -2.24. The van der Waals surface area contributed by atoms with Gasteiger partial charge in [0.1, 0.15) is 6.20 Å². The lowest BCUT2D eigenvalue weighted by molar-refractivity contribution is -0.614. The molecular weight excluding hydrogens is 108 g/mol. The molecule has 1 heterocycles. The van der Waals surface area contributed by atoms with E-state index in [0.717, 1.165) is 12.4 Å². The third-order valence-electron chi connectivity index (χ3n) is 0.704. The van der Waals surface area contributed by atoms with Crippen molar-refractivity contribution in [3.8, 4) is 5.88 Å². The Morgan fingerprint density at radius 1 is 1.75 bits per heavy atom. The average molecular weight is 112 g/mol. The van der Waals surface area contributed by atoms with Crippen LogP contribution in [-0.4, -0.2) is 10.1 Å². The van der Waals surface area contributed by atoms with Gasteiger partial charge in [-0.1, -0.05) is 0 Å². The molecule has 0 unspecified atom stereocenters. The predicted molar refractivity (Wildman–Crippen MR) is 24.9 cm³/mol. The summed E-state index contributed by atoms with van der Waals surface area (Å²) in [5.74, 6) is -0.382. The third kappa shape index (κ3) is 0.676.